The predicted molar refractivity (Wildman–Crippen MR) is 96.9 cm³/mol. The second-order valence-corrected chi connectivity index (χ2v) is 6.10. The van der Waals surface area contributed by atoms with Gasteiger partial charge in [0.25, 0.3) is 5.91 Å². The molecule has 0 aliphatic carbocycles. The smallest absolute Gasteiger partial charge is 0.270 e. The van der Waals surface area contributed by atoms with E-state index >= 15 is 0 Å². The van der Waals surface area contributed by atoms with Crippen molar-refractivity contribution in [2.24, 2.45) is 0 Å². The minimum Gasteiger partial charge on any atom is -0.370 e. The van der Waals surface area contributed by atoms with Crippen LogP contribution < -0.4 is 10.6 Å². The maximum absolute atomic E-state index is 12.3. The predicted octanol–water partition coefficient (Wildman–Crippen LogP) is 2.28. The molecule has 0 aliphatic heterocycles. The molecule has 0 radical (unpaired) electrons. The van der Waals surface area contributed by atoms with Crippen LogP contribution in [0.15, 0.2) is 30.5 Å². The van der Waals surface area contributed by atoms with Gasteiger partial charge in [-0.1, -0.05) is 6.07 Å². The molecule has 1 amide bonds. The Morgan fingerprint density at radius 3 is 2.76 bits per heavy atom. The van der Waals surface area contributed by atoms with Crippen LogP contribution in [0.1, 0.15) is 33.9 Å². The Balaban J connectivity index is 1.50. The molecule has 0 saturated heterocycles. The van der Waals surface area contributed by atoms with Gasteiger partial charge in [-0.15, -0.1) is 0 Å². The lowest BCUT2D eigenvalue weighted by atomic mass is 10.3. The Labute approximate surface area is 146 Å². The first kappa shape index (κ1) is 16.9. The maximum atomic E-state index is 12.3. The summed E-state index contributed by atoms with van der Waals surface area (Å²) < 4.78 is 1.74. The highest BCUT2D eigenvalue weighted by molar-refractivity contribution is 5.92. The number of carbonyl (C=O) groups is 1. The van der Waals surface area contributed by atoms with Crippen molar-refractivity contribution in [3.05, 3.63) is 53.1 Å². The maximum Gasteiger partial charge on any atom is 0.270 e. The molecule has 3 aromatic heterocycles. The van der Waals surface area contributed by atoms with Gasteiger partial charge in [0, 0.05) is 31.0 Å². The molecule has 0 atom stereocenters. The summed E-state index contributed by atoms with van der Waals surface area (Å²) in [6, 6.07) is 7.58. The number of aryl methyl sites for hydroxylation is 3. The van der Waals surface area contributed by atoms with Gasteiger partial charge in [0.1, 0.15) is 11.5 Å². The van der Waals surface area contributed by atoms with E-state index < -0.39 is 0 Å². The molecule has 0 unspecified atom stereocenters. The molecule has 7 nitrogen and oxygen atoms in total. The number of carbonyl (C=O) groups excluding carboxylic acids is 1. The zero-order valence-electron chi connectivity index (χ0n) is 14.7. The number of hydrogen-bond donors (Lipinski definition) is 2. The van der Waals surface area contributed by atoms with E-state index in [4.69, 9.17) is 0 Å². The molecule has 3 aromatic rings. The highest BCUT2D eigenvalue weighted by Crippen LogP contribution is 2.09. The molecule has 7 heteroatoms. The summed E-state index contributed by atoms with van der Waals surface area (Å²) in [7, 11) is 0. The number of fused-ring (bicyclic) bond motifs is 1. The van der Waals surface area contributed by atoms with E-state index in [1.165, 1.54) is 0 Å². The van der Waals surface area contributed by atoms with Crippen molar-refractivity contribution in [1.29, 1.82) is 0 Å². The van der Waals surface area contributed by atoms with Crippen molar-refractivity contribution in [3.8, 4) is 0 Å². The van der Waals surface area contributed by atoms with Crippen molar-refractivity contribution in [3.63, 3.8) is 0 Å². The second kappa shape index (κ2) is 7.29. The molecular formula is C18H22N6O. The molecule has 0 spiro atoms. The Morgan fingerprint density at radius 2 is 2.00 bits per heavy atom. The first-order chi connectivity index (χ1) is 12.0. The minimum absolute atomic E-state index is 0.169. The fourth-order valence-corrected chi connectivity index (χ4v) is 2.53. The third kappa shape index (κ3) is 4.12. The topological polar surface area (TPSA) is 84.2 Å². The highest BCUT2D eigenvalue weighted by Gasteiger charge is 2.11. The standard InChI is InChI=1S/C18H22N6O/c1-12-5-6-16(21-11-12)19-7-4-8-20-18(25)15-10-14(3)24-17(22-15)9-13(2)23-24/h5-6,9-11H,4,7-8H2,1-3H3,(H,19,21)(H,20,25). The Bertz CT molecular complexity index is 884. The number of pyridine rings is 1. The molecule has 3 heterocycles. The van der Waals surface area contributed by atoms with Gasteiger partial charge < -0.3 is 10.6 Å². The summed E-state index contributed by atoms with van der Waals surface area (Å²) in [6.07, 6.45) is 2.63. The van der Waals surface area contributed by atoms with Crippen LogP contribution in [0.5, 0.6) is 0 Å². The zero-order valence-corrected chi connectivity index (χ0v) is 14.7. The average molecular weight is 338 g/mol. The van der Waals surface area contributed by atoms with Crippen molar-refractivity contribution in [2.45, 2.75) is 27.2 Å². The van der Waals surface area contributed by atoms with Crippen LogP contribution in [0.4, 0.5) is 5.82 Å². The SMILES string of the molecule is Cc1ccc(NCCCNC(=O)c2cc(C)n3nc(C)cc3n2)nc1. The summed E-state index contributed by atoms with van der Waals surface area (Å²) in [5.74, 6) is 0.675. The van der Waals surface area contributed by atoms with Gasteiger partial charge in [0.15, 0.2) is 5.65 Å². The van der Waals surface area contributed by atoms with E-state index in [-0.39, 0.29) is 5.91 Å². The fourth-order valence-electron chi connectivity index (χ4n) is 2.53. The molecule has 0 saturated carbocycles. The first-order valence-corrected chi connectivity index (χ1v) is 8.32. The quantitative estimate of drug-likeness (QED) is 0.674. The van der Waals surface area contributed by atoms with Crippen LogP contribution in [0.25, 0.3) is 5.65 Å². The molecule has 2 N–H and O–H groups in total. The van der Waals surface area contributed by atoms with E-state index in [1.54, 1.807) is 10.6 Å². The summed E-state index contributed by atoms with van der Waals surface area (Å²) in [4.78, 5) is 20.9. The van der Waals surface area contributed by atoms with E-state index in [2.05, 4.69) is 25.7 Å². The van der Waals surface area contributed by atoms with Gasteiger partial charge in [-0.25, -0.2) is 14.5 Å². The normalized spacial score (nSPS) is 10.8. The molecule has 25 heavy (non-hydrogen) atoms. The summed E-state index contributed by atoms with van der Waals surface area (Å²) in [6.45, 7) is 7.14. The number of nitrogens with one attached hydrogen (secondary N) is 2. The molecule has 0 aromatic carbocycles. The Kier molecular flexibility index (Phi) is 4.92. The lowest BCUT2D eigenvalue weighted by Crippen LogP contribution is -2.27. The number of anilines is 1. The highest BCUT2D eigenvalue weighted by atomic mass is 16.1. The number of rotatable bonds is 6. The van der Waals surface area contributed by atoms with Crippen molar-refractivity contribution >= 4 is 17.4 Å². The number of hydrogen-bond acceptors (Lipinski definition) is 5. The summed E-state index contributed by atoms with van der Waals surface area (Å²) in [5.41, 5.74) is 4.00. The van der Waals surface area contributed by atoms with E-state index in [9.17, 15) is 4.79 Å². The number of amides is 1. The van der Waals surface area contributed by atoms with Gasteiger partial charge >= 0.3 is 0 Å². The molecule has 0 aliphatic rings. The second-order valence-electron chi connectivity index (χ2n) is 6.10. The first-order valence-electron chi connectivity index (χ1n) is 8.32. The third-order valence-corrected chi connectivity index (χ3v) is 3.82. The van der Waals surface area contributed by atoms with E-state index in [0.717, 1.165) is 35.7 Å². The third-order valence-electron chi connectivity index (χ3n) is 3.82. The van der Waals surface area contributed by atoms with Crippen molar-refractivity contribution in [1.82, 2.24) is 24.9 Å². The van der Waals surface area contributed by atoms with Gasteiger partial charge in [0.05, 0.1) is 5.69 Å². The van der Waals surface area contributed by atoms with Crippen LogP contribution in [0.2, 0.25) is 0 Å². The summed E-state index contributed by atoms with van der Waals surface area (Å²) >= 11 is 0. The summed E-state index contributed by atoms with van der Waals surface area (Å²) in [5, 5.41) is 10.5. The van der Waals surface area contributed by atoms with Crippen LogP contribution in [0, 0.1) is 20.8 Å². The Morgan fingerprint density at radius 1 is 1.16 bits per heavy atom. The lowest BCUT2D eigenvalue weighted by Gasteiger charge is -2.08. The van der Waals surface area contributed by atoms with Gasteiger partial charge in [-0.2, -0.15) is 5.10 Å². The van der Waals surface area contributed by atoms with Crippen molar-refractivity contribution in [2.75, 3.05) is 18.4 Å². The molecule has 0 fully saturated rings. The average Bonchev–Trinajstić information content (AvgIpc) is 2.97. The molecule has 130 valence electrons. The van der Waals surface area contributed by atoms with E-state index in [1.807, 2.05) is 45.2 Å². The molecular weight excluding hydrogens is 316 g/mol. The largest absolute Gasteiger partial charge is 0.370 e. The molecule has 3 rings (SSSR count). The van der Waals surface area contributed by atoms with E-state index in [0.29, 0.717) is 17.9 Å². The van der Waals surface area contributed by atoms with Gasteiger partial charge in [-0.05, 0) is 44.9 Å². The van der Waals surface area contributed by atoms with Crippen LogP contribution in [-0.2, 0) is 0 Å². The zero-order chi connectivity index (χ0) is 17.8. The fraction of sp³-hybridized carbons (Fsp3) is 0.333. The van der Waals surface area contributed by atoms with Crippen molar-refractivity contribution < 1.29 is 4.79 Å². The van der Waals surface area contributed by atoms with Gasteiger partial charge in [-0.3, -0.25) is 4.79 Å². The lowest BCUT2D eigenvalue weighted by molar-refractivity contribution is 0.0948. The number of aromatic nitrogens is 4. The van der Waals surface area contributed by atoms with Crippen LogP contribution in [0.3, 0.4) is 0 Å². The Hall–Kier alpha value is -2.96. The number of nitrogens with zero attached hydrogens (tertiary/aromatic N) is 4. The monoisotopic (exact) mass is 338 g/mol. The van der Waals surface area contributed by atoms with Gasteiger partial charge in [0.2, 0.25) is 0 Å². The van der Waals surface area contributed by atoms with Crippen LogP contribution in [-0.4, -0.2) is 38.6 Å². The van der Waals surface area contributed by atoms with Crippen LogP contribution >= 0.6 is 0 Å². The minimum atomic E-state index is -0.169. The molecule has 0 bridgehead atoms.